The Morgan fingerprint density at radius 3 is 2.62 bits per heavy atom. The van der Waals surface area contributed by atoms with Crippen molar-refractivity contribution < 1.29 is 0 Å². The van der Waals surface area contributed by atoms with Crippen molar-refractivity contribution in [2.45, 2.75) is 6.04 Å². The molecule has 0 N–H and O–H groups in total. The first-order valence-corrected chi connectivity index (χ1v) is 8.49. The summed E-state index contributed by atoms with van der Waals surface area (Å²) in [7, 11) is 0. The van der Waals surface area contributed by atoms with Gasteiger partial charge in [-0.3, -0.25) is 4.79 Å². The average molecular weight is 364 g/mol. The minimum absolute atomic E-state index is 0.0420. The number of nitrogens with zero attached hydrogens (tertiary/aromatic N) is 5. The number of nitriles is 1. The molecule has 0 unspecified atom stereocenters. The van der Waals surface area contributed by atoms with Crippen LogP contribution in [0.15, 0.2) is 59.5 Å². The summed E-state index contributed by atoms with van der Waals surface area (Å²) in [5.41, 5.74) is 2.02. The lowest BCUT2D eigenvalue weighted by Crippen LogP contribution is -2.51. The fourth-order valence-corrected chi connectivity index (χ4v) is 3.24. The zero-order chi connectivity index (χ0) is 18.1. The minimum Gasteiger partial charge on any atom is -0.351 e. The van der Waals surface area contributed by atoms with Crippen molar-refractivity contribution in [1.82, 2.24) is 14.8 Å². The second-order valence-electron chi connectivity index (χ2n) is 6.07. The minimum atomic E-state index is -0.131. The molecule has 0 bridgehead atoms. The van der Waals surface area contributed by atoms with Gasteiger partial charge in [-0.15, -0.1) is 0 Å². The molecule has 0 saturated carbocycles. The van der Waals surface area contributed by atoms with E-state index >= 15 is 0 Å². The van der Waals surface area contributed by atoms with E-state index in [1.54, 1.807) is 18.2 Å². The van der Waals surface area contributed by atoms with Gasteiger partial charge in [0.2, 0.25) is 0 Å². The predicted molar refractivity (Wildman–Crippen MR) is 99.1 cm³/mol. The predicted octanol–water partition coefficient (Wildman–Crippen LogP) is 2.89. The third-order valence-corrected chi connectivity index (χ3v) is 4.63. The van der Waals surface area contributed by atoms with Gasteiger partial charge in [0.05, 0.1) is 22.3 Å². The third-order valence-electron chi connectivity index (χ3n) is 4.35. The normalized spacial score (nSPS) is 13.9. The monoisotopic (exact) mass is 363 g/mol. The highest BCUT2D eigenvalue weighted by atomic mass is 35.5. The highest BCUT2D eigenvalue weighted by Crippen LogP contribution is 2.31. The lowest BCUT2D eigenvalue weighted by atomic mass is 10.1. The number of anilines is 1. The number of rotatable bonds is 3. The van der Waals surface area contributed by atoms with Crippen LogP contribution in [-0.4, -0.2) is 27.9 Å². The fourth-order valence-electron chi connectivity index (χ4n) is 2.96. The van der Waals surface area contributed by atoms with Crippen LogP contribution in [0.5, 0.6) is 0 Å². The van der Waals surface area contributed by atoms with Gasteiger partial charge in [0.1, 0.15) is 11.9 Å². The van der Waals surface area contributed by atoms with Gasteiger partial charge >= 0.3 is 0 Å². The number of pyridine rings is 1. The van der Waals surface area contributed by atoms with Crippen LogP contribution >= 0.6 is 11.6 Å². The summed E-state index contributed by atoms with van der Waals surface area (Å²) in [5.74, 6) is 0.620. The molecule has 1 aliphatic rings. The molecular formula is C19H14ClN5O. The van der Waals surface area contributed by atoms with Crippen LogP contribution in [-0.2, 0) is 0 Å². The molecule has 128 valence electrons. The molecule has 0 aliphatic carbocycles. The third kappa shape index (κ3) is 2.93. The first kappa shape index (κ1) is 16.3. The van der Waals surface area contributed by atoms with E-state index in [0.717, 1.165) is 11.3 Å². The van der Waals surface area contributed by atoms with E-state index in [1.807, 2.05) is 41.3 Å². The van der Waals surface area contributed by atoms with Crippen molar-refractivity contribution in [3.63, 3.8) is 0 Å². The molecule has 0 atom stereocenters. The van der Waals surface area contributed by atoms with Crippen molar-refractivity contribution in [1.29, 1.82) is 5.26 Å². The Labute approximate surface area is 154 Å². The van der Waals surface area contributed by atoms with Gasteiger partial charge in [-0.05, 0) is 12.1 Å². The molecule has 1 aliphatic heterocycles. The van der Waals surface area contributed by atoms with Gasteiger partial charge < -0.3 is 4.90 Å². The molecule has 2 aromatic heterocycles. The molecular weight excluding hydrogens is 350 g/mol. The molecule has 6 nitrogen and oxygen atoms in total. The average Bonchev–Trinajstić information content (AvgIpc) is 2.64. The summed E-state index contributed by atoms with van der Waals surface area (Å²) in [4.78, 5) is 18.5. The van der Waals surface area contributed by atoms with E-state index < -0.39 is 0 Å². The molecule has 0 radical (unpaired) electrons. The molecule has 3 heterocycles. The van der Waals surface area contributed by atoms with Crippen LogP contribution in [0.2, 0.25) is 5.02 Å². The topological polar surface area (TPSA) is 74.8 Å². The van der Waals surface area contributed by atoms with E-state index in [-0.39, 0.29) is 11.6 Å². The SMILES string of the molecule is N#Cc1cnc(N2CC(n3nc(-c4ccccc4)ccc3=O)C2)c(Cl)c1. The highest BCUT2D eigenvalue weighted by Gasteiger charge is 2.32. The Kier molecular flexibility index (Phi) is 4.15. The van der Waals surface area contributed by atoms with Gasteiger partial charge in [-0.25, -0.2) is 9.67 Å². The molecule has 7 heteroatoms. The molecule has 4 rings (SSSR count). The molecule has 1 fully saturated rings. The number of aromatic nitrogens is 3. The zero-order valence-electron chi connectivity index (χ0n) is 13.7. The van der Waals surface area contributed by atoms with Crippen LogP contribution in [0.1, 0.15) is 11.6 Å². The maximum Gasteiger partial charge on any atom is 0.267 e. The van der Waals surface area contributed by atoms with Gasteiger partial charge in [-0.1, -0.05) is 41.9 Å². The van der Waals surface area contributed by atoms with Crippen LogP contribution in [0.4, 0.5) is 5.82 Å². The second-order valence-corrected chi connectivity index (χ2v) is 6.47. The first-order valence-electron chi connectivity index (χ1n) is 8.11. The van der Waals surface area contributed by atoms with Crippen molar-refractivity contribution in [2.75, 3.05) is 18.0 Å². The highest BCUT2D eigenvalue weighted by molar-refractivity contribution is 6.33. The lowest BCUT2D eigenvalue weighted by molar-refractivity contribution is 0.353. The number of halogens is 1. The van der Waals surface area contributed by atoms with E-state index in [9.17, 15) is 4.79 Å². The van der Waals surface area contributed by atoms with Gasteiger partial charge in [0.25, 0.3) is 5.56 Å². The molecule has 0 amide bonds. The molecule has 1 saturated heterocycles. The van der Waals surface area contributed by atoms with Gasteiger partial charge in [0.15, 0.2) is 0 Å². The van der Waals surface area contributed by atoms with Crippen molar-refractivity contribution in [3.05, 3.63) is 75.7 Å². The Morgan fingerprint density at radius 2 is 1.92 bits per heavy atom. The molecule has 0 spiro atoms. The number of benzene rings is 1. The Balaban J connectivity index is 1.56. The van der Waals surface area contributed by atoms with E-state index in [4.69, 9.17) is 16.9 Å². The standard InChI is InChI=1S/C19H14ClN5O/c20-16-8-13(9-21)10-22-19(16)24-11-15(12-24)25-18(26)7-6-17(23-25)14-4-2-1-3-5-14/h1-8,10,15H,11-12H2. The lowest BCUT2D eigenvalue weighted by Gasteiger charge is -2.40. The van der Waals surface area contributed by atoms with Gasteiger partial charge in [-0.2, -0.15) is 10.4 Å². The summed E-state index contributed by atoms with van der Waals surface area (Å²) in [6, 6.07) is 16.6. The van der Waals surface area contributed by atoms with Crippen LogP contribution in [0, 0.1) is 11.3 Å². The van der Waals surface area contributed by atoms with Crippen molar-refractivity contribution in [2.24, 2.45) is 0 Å². The summed E-state index contributed by atoms with van der Waals surface area (Å²) >= 11 is 6.21. The van der Waals surface area contributed by atoms with E-state index in [0.29, 0.717) is 29.5 Å². The Bertz CT molecular complexity index is 1050. The largest absolute Gasteiger partial charge is 0.351 e. The van der Waals surface area contributed by atoms with Crippen molar-refractivity contribution in [3.8, 4) is 17.3 Å². The quantitative estimate of drug-likeness (QED) is 0.715. The van der Waals surface area contributed by atoms with Crippen LogP contribution < -0.4 is 10.5 Å². The molecule has 3 aromatic rings. The maximum atomic E-state index is 12.2. The summed E-state index contributed by atoms with van der Waals surface area (Å²) in [5, 5.41) is 13.9. The summed E-state index contributed by atoms with van der Waals surface area (Å²) in [6.07, 6.45) is 1.50. The number of hydrogen-bond donors (Lipinski definition) is 0. The zero-order valence-corrected chi connectivity index (χ0v) is 14.5. The Morgan fingerprint density at radius 1 is 1.15 bits per heavy atom. The fraction of sp³-hybridized carbons (Fsp3) is 0.158. The van der Waals surface area contributed by atoms with Crippen molar-refractivity contribution >= 4 is 17.4 Å². The first-order chi connectivity index (χ1) is 12.7. The van der Waals surface area contributed by atoms with Gasteiger partial charge in [0, 0.05) is 30.9 Å². The molecule has 1 aromatic carbocycles. The summed E-state index contributed by atoms with van der Waals surface area (Å²) < 4.78 is 1.52. The van der Waals surface area contributed by atoms with E-state index in [1.165, 1.54) is 10.9 Å². The summed E-state index contributed by atoms with van der Waals surface area (Å²) in [6.45, 7) is 1.17. The number of hydrogen-bond acceptors (Lipinski definition) is 5. The van der Waals surface area contributed by atoms with Crippen LogP contribution in [0.3, 0.4) is 0 Å². The van der Waals surface area contributed by atoms with E-state index in [2.05, 4.69) is 10.1 Å². The van der Waals surface area contributed by atoms with Crippen LogP contribution in [0.25, 0.3) is 11.3 Å². The molecule has 26 heavy (non-hydrogen) atoms. The smallest absolute Gasteiger partial charge is 0.267 e. The maximum absolute atomic E-state index is 12.2. The Hall–Kier alpha value is -3.17. The second kappa shape index (κ2) is 6.62.